The molecule has 0 aromatic heterocycles. The number of carbonyl (C=O) groups excluding carboxylic acids is 2. The standard InChI is InChI=1S/C22H22O6/c1-26-20-11-7-16(13-22(20)28-3)5-9-18(24)14-17(23)8-4-15-6-10-19(25)21(12-15)27-2/h4-13,25H,14H2,1-3H3/b8-4+,9-5+/i1D3,3D3,4D. The summed E-state index contributed by atoms with van der Waals surface area (Å²) < 4.78 is 65.7. The van der Waals surface area contributed by atoms with E-state index in [4.69, 9.17) is 23.8 Å². The summed E-state index contributed by atoms with van der Waals surface area (Å²) in [6.07, 6.45) is 2.81. The first-order chi connectivity index (χ1) is 16.2. The van der Waals surface area contributed by atoms with Gasteiger partial charge in [0.15, 0.2) is 34.6 Å². The van der Waals surface area contributed by atoms with Gasteiger partial charge in [0, 0.05) is 0 Å². The number of phenolic OH excluding ortho intramolecular Hbond substituents is 1. The summed E-state index contributed by atoms with van der Waals surface area (Å²) in [5.74, 6) is -1.91. The van der Waals surface area contributed by atoms with Gasteiger partial charge in [0.2, 0.25) is 0 Å². The van der Waals surface area contributed by atoms with Gasteiger partial charge in [-0.2, -0.15) is 0 Å². The Hall–Kier alpha value is -3.54. The molecule has 0 aliphatic rings. The fraction of sp³-hybridized carbons (Fsp3) is 0.182. The molecule has 146 valence electrons. The van der Waals surface area contributed by atoms with Gasteiger partial charge in [0.05, 0.1) is 37.2 Å². The van der Waals surface area contributed by atoms with E-state index in [9.17, 15) is 14.7 Å². The minimum atomic E-state index is -2.88. The summed E-state index contributed by atoms with van der Waals surface area (Å²) in [4.78, 5) is 24.4. The third-order valence-electron chi connectivity index (χ3n) is 3.58. The van der Waals surface area contributed by atoms with Crippen molar-refractivity contribution in [3.8, 4) is 23.0 Å². The highest BCUT2D eigenvalue weighted by molar-refractivity contribution is 6.10. The minimum Gasteiger partial charge on any atom is -0.504 e. The van der Waals surface area contributed by atoms with Crippen LogP contribution in [0, 0.1) is 0 Å². The molecule has 0 aliphatic heterocycles. The molecule has 1 N–H and O–H groups in total. The average Bonchev–Trinajstić information content (AvgIpc) is 2.72. The molecule has 0 saturated heterocycles. The number of benzene rings is 2. The number of ether oxygens (including phenoxy) is 3. The molecule has 2 rings (SSSR count). The van der Waals surface area contributed by atoms with Crippen LogP contribution in [0.3, 0.4) is 0 Å². The summed E-state index contributed by atoms with van der Waals surface area (Å²) in [5.41, 5.74) is 0.591. The molecular formula is C22H22O6. The van der Waals surface area contributed by atoms with Gasteiger partial charge in [-0.05, 0) is 47.5 Å². The molecule has 0 saturated carbocycles. The van der Waals surface area contributed by atoms with E-state index in [-0.39, 0.29) is 34.6 Å². The van der Waals surface area contributed by atoms with Gasteiger partial charge in [-0.15, -0.1) is 0 Å². The Morgan fingerprint density at radius 3 is 2.39 bits per heavy atom. The third-order valence-corrected chi connectivity index (χ3v) is 3.58. The lowest BCUT2D eigenvalue weighted by Gasteiger charge is -2.07. The Bertz CT molecular complexity index is 1150. The molecule has 28 heavy (non-hydrogen) atoms. The number of ketones is 2. The van der Waals surface area contributed by atoms with Crippen LogP contribution >= 0.6 is 0 Å². The van der Waals surface area contributed by atoms with E-state index >= 15 is 0 Å². The van der Waals surface area contributed by atoms with E-state index in [1.54, 1.807) is 0 Å². The van der Waals surface area contributed by atoms with Gasteiger partial charge in [-0.1, -0.05) is 24.3 Å². The van der Waals surface area contributed by atoms with Crippen molar-refractivity contribution in [3.05, 3.63) is 59.7 Å². The van der Waals surface area contributed by atoms with Crippen molar-refractivity contribution in [1.29, 1.82) is 0 Å². The molecule has 2 aromatic rings. The van der Waals surface area contributed by atoms with Crippen molar-refractivity contribution in [1.82, 2.24) is 0 Å². The van der Waals surface area contributed by atoms with Crippen molar-refractivity contribution in [2.45, 2.75) is 6.42 Å². The molecule has 6 heteroatoms. The monoisotopic (exact) mass is 389 g/mol. The zero-order valence-electron chi connectivity index (χ0n) is 21.9. The van der Waals surface area contributed by atoms with E-state index in [2.05, 4.69) is 0 Å². The second kappa shape index (κ2) is 9.97. The number of hydrogen-bond donors (Lipinski definition) is 1. The lowest BCUT2D eigenvalue weighted by Crippen LogP contribution is -2.01. The molecule has 0 atom stereocenters. The molecule has 0 fully saturated rings. The van der Waals surface area contributed by atoms with Crippen LogP contribution in [0.1, 0.15) is 27.1 Å². The number of phenols is 1. The first-order valence-electron chi connectivity index (χ1n) is 11.5. The number of methoxy groups -OCH3 is 3. The fourth-order valence-electron chi connectivity index (χ4n) is 2.19. The Morgan fingerprint density at radius 1 is 0.964 bits per heavy atom. The fourth-order valence-corrected chi connectivity index (χ4v) is 2.19. The SMILES string of the molecule is [2H]/C(=C\C(=O)CC(=O)/C=C/c1ccc(OC([2H])([2H])[2H])c(OC([2H])([2H])[2H])c1)c1ccc(O)c(OC)c1. The number of aromatic hydroxyl groups is 1. The van der Waals surface area contributed by atoms with Gasteiger partial charge in [-0.25, -0.2) is 0 Å². The van der Waals surface area contributed by atoms with Gasteiger partial charge in [0.25, 0.3) is 0 Å². The van der Waals surface area contributed by atoms with Crippen LogP contribution in [0.5, 0.6) is 23.0 Å². The van der Waals surface area contributed by atoms with E-state index in [0.29, 0.717) is 5.56 Å². The summed E-state index contributed by atoms with van der Waals surface area (Å²) in [6.45, 7) is 0. The van der Waals surface area contributed by atoms with E-state index in [1.807, 2.05) is 0 Å². The first kappa shape index (κ1) is 12.8. The molecule has 0 heterocycles. The summed E-state index contributed by atoms with van der Waals surface area (Å²) in [5, 5.41) is 9.62. The van der Waals surface area contributed by atoms with Crippen LogP contribution < -0.4 is 14.2 Å². The van der Waals surface area contributed by atoms with Crippen LogP contribution in [-0.2, 0) is 9.59 Å². The van der Waals surface area contributed by atoms with Gasteiger partial charge >= 0.3 is 0 Å². The number of carbonyl (C=O) groups is 2. The Kier molecular flexibility index (Phi) is 4.55. The molecule has 0 radical (unpaired) electrons. The highest BCUT2D eigenvalue weighted by Crippen LogP contribution is 2.28. The Labute approximate surface area is 173 Å². The smallest absolute Gasteiger partial charge is 0.163 e. The molecule has 0 aliphatic carbocycles. The maximum absolute atomic E-state index is 12.2. The normalized spacial score (nSPS) is 15.9. The molecular weight excluding hydrogens is 360 g/mol. The zero-order chi connectivity index (χ0) is 26.4. The van der Waals surface area contributed by atoms with Gasteiger partial charge in [-0.3, -0.25) is 9.59 Å². The van der Waals surface area contributed by atoms with Crippen LogP contribution in [-0.4, -0.2) is 37.9 Å². The van der Waals surface area contributed by atoms with Gasteiger partial charge < -0.3 is 19.3 Å². The predicted octanol–water partition coefficient (Wildman–Crippen LogP) is 3.67. The highest BCUT2D eigenvalue weighted by atomic mass is 16.5. The van der Waals surface area contributed by atoms with Gasteiger partial charge in [0.1, 0.15) is 0 Å². The molecule has 2 aromatic carbocycles. The minimum absolute atomic E-state index is 0.124. The lowest BCUT2D eigenvalue weighted by atomic mass is 10.1. The Morgan fingerprint density at radius 2 is 1.64 bits per heavy atom. The van der Waals surface area contributed by atoms with Crippen molar-refractivity contribution >= 4 is 23.7 Å². The van der Waals surface area contributed by atoms with Crippen LogP contribution in [0.4, 0.5) is 0 Å². The maximum Gasteiger partial charge on any atom is 0.163 e. The van der Waals surface area contributed by atoms with Crippen LogP contribution in [0.25, 0.3) is 12.1 Å². The van der Waals surface area contributed by atoms with Crippen molar-refractivity contribution in [2.75, 3.05) is 21.2 Å². The molecule has 0 unspecified atom stereocenters. The van der Waals surface area contributed by atoms with E-state index < -0.39 is 32.1 Å². The van der Waals surface area contributed by atoms with E-state index in [0.717, 1.165) is 12.2 Å². The average molecular weight is 389 g/mol. The second-order valence-electron chi connectivity index (χ2n) is 5.53. The predicted molar refractivity (Wildman–Crippen MR) is 107 cm³/mol. The van der Waals surface area contributed by atoms with Crippen molar-refractivity contribution < 1.29 is 38.5 Å². The van der Waals surface area contributed by atoms with Crippen molar-refractivity contribution in [2.24, 2.45) is 0 Å². The largest absolute Gasteiger partial charge is 0.504 e. The lowest BCUT2D eigenvalue weighted by molar-refractivity contribution is -0.121. The molecule has 0 spiro atoms. The maximum atomic E-state index is 12.2. The summed E-state index contributed by atoms with van der Waals surface area (Å²) >= 11 is 0. The summed E-state index contributed by atoms with van der Waals surface area (Å²) in [6, 6.07) is 7.67. The quantitative estimate of drug-likeness (QED) is 0.520. The first-order valence-corrected chi connectivity index (χ1v) is 7.98. The highest BCUT2D eigenvalue weighted by Gasteiger charge is 2.06. The summed E-state index contributed by atoms with van der Waals surface area (Å²) in [7, 11) is -4.37. The van der Waals surface area contributed by atoms with Crippen molar-refractivity contribution in [3.63, 3.8) is 0 Å². The van der Waals surface area contributed by atoms with E-state index in [1.165, 1.54) is 49.6 Å². The third kappa shape index (κ3) is 5.74. The number of hydrogen-bond acceptors (Lipinski definition) is 6. The molecule has 0 bridgehead atoms. The van der Waals surface area contributed by atoms with Crippen LogP contribution in [0.2, 0.25) is 0 Å². The number of allylic oxidation sites excluding steroid dienone is 2. The zero-order valence-corrected chi connectivity index (χ0v) is 14.9. The van der Waals surface area contributed by atoms with Crippen LogP contribution in [0.15, 0.2) is 48.6 Å². The Balaban J connectivity index is 2.13. The molecule has 0 amide bonds. The number of rotatable bonds is 9. The topological polar surface area (TPSA) is 82.1 Å². The molecule has 6 nitrogen and oxygen atoms in total. The second-order valence-corrected chi connectivity index (χ2v) is 5.53.